The summed E-state index contributed by atoms with van der Waals surface area (Å²) >= 11 is 0. The molecule has 142 valence electrons. The van der Waals surface area contributed by atoms with Crippen LogP contribution in [0.3, 0.4) is 0 Å². The third-order valence-corrected chi connectivity index (χ3v) is 5.62. The van der Waals surface area contributed by atoms with Crippen molar-refractivity contribution in [3.8, 4) is 0 Å². The Balaban J connectivity index is 1.16. The van der Waals surface area contributed by atoms with Crippen molar-refractivity contribution in [2.45, 2.75) is 51.6 Å². The van der Waals surface area contributed by atoms with Crippen LogP contribution in [0, 0.1) is 0 Å². The van der Waals surface area contributed by atoms with Crippen LogP contribution in [-0.2, 0) is 13.1 Å². The van der Waals surface area contributed by atoms with Crippen LogP contribution >= 0.6 is 0 Å². The lowest BCUT2D eigenvalue weighted by Crippen LogP contribution is -2.34. The summed E-state index contributed by atoms with van der Waals surface area (Å²) in [6.45, 7) is 2.24. The molecule has 2 aromatic carbocycles. The number of hydrogen-bond acceptors (Lipinski definition) is 0. The van der Waals surface area contributed by atoms with Gasteiger partial charge in [-0.15, -0.1) is 0 Å². The molecule has 0 saturated carbocycles. The summed E-state index contributed by atoms with van der Waals surface area (Å²) in [5.41, 5.74) is 2.69. The Kier molecular flexibility index (Phi) is 6.29. The maximum atomic E-state index is 2.40. The van der Waals surface area contributed by atoms with E-state index < -0.39 is 0 Å². The fourth-order valence-corrected chi connectivity index (χ4v) is 4.10. The first-order chi connectivity index (χ1) is 13.9. The zero-order valence-electron chi connectivity index (χ0n) is 16.6. The number of unbranched alkanes of at least 4 members (excludes halogenated alkanes) is 5. The largest absolute Gasteiger partial charge is 0.212 e. The maximum Gasteiger partial charge on any atom is 0.212 e. The van der Waals surface area contributed by atoms with E-state index in [0.717, 1.165) is 13.1 Å². The van der Waals surface area contributed by atoms with Gasteiger partial charge in [-0.25, -0.2) is 0 Å². The summed E-state index contributed by atoms with van der Waals surface area (Å²) in [7, 11) is 0. The number of hydrogen-bond donors (Lipinski definition) is 0. The van der Waals surface area contributed by atoms with Gasteiger partial charge in [0.1, 0.15) is 13.1 Å². The first-order valence-electron chi connectivity index (χ1n) is 10.7. The lowest BCUT2D eigenvalue weighted by atomic mass is 10.1. The van der Waals surface area contributed by atoms with Crippen LogP contribution in [-0.4, -0.2) is 0 Å². The van der Waals surface area contributed by atoms with Gasteiger partial charge in [-0.3, -0.25) is 0 Å². The van der Waals surface area contributed by atoms with Crippen LogP contribution in [0.15, 0.2) is 85.2 Å². The maximum absolute atomic E-state index is 2.40. The molecule has 0 spiro atoms. The highest BCUT2D eigenvalue weighted by Gasteiger charge is 2.08. The predicted molar refractivity (Wildman–Crippen MR) is 116 cm³/mol. The van der Waals surface area contributed by atoms with Gasteiger partial charge in [-0.1, -0.05) is 37.1 Å². The van der Waals surface area contributed by atoms with Crippen LogP contribution in [0.1, 0.15) is 38.5 Å². The summed E-state index contributed by atoms with van der Waals surface area (Å²) in [6.07, 6.45) is 12.3. The molecule has 0 atom stereocenters. The second-order valence-corrected chi connectivity index (χ2v) is 7.64. The molecule has 0 unspecified atom stereocenters. The summed E-state index contributed by atoms with van der Waals surface area (Å²) in [4.78, 5) is 0. The van der Waals surface area contributed by atoms with Crippen LogP contribution in [0.4, 0.5) is 0 Å². The van der Waals surface area contributed by atoms with Crippen molar-refractivity contribution in [1.82, 2.24) is 0 Å². The summed E-state index contributed by atoms with van der Waals surface area (Å²) in [5.74, 6) is 0. The van der Waals surface area contributed by atoms with E-state index in [1.165, 1.54) is 60.3 Å². The number of pyridine rings is 2. The van der Waals surface area contributed by atoms with E-state index in [1.54, 1.807) is 0 Å². The van der Waals surface area contributed by atoms with E-state index in [1.807, 2.05) is 0 Å². The van der Waals surface area contributed by atoms with Gasteiger partial charge >= 0.3 is 0 Å². The quantitative estimate of drug-likeness (QED) is 0.267. The molecule has 2 heterocycles. The first-order valence-corrected chi connectivity index (χ1v) is 10.7. The lowest BCUT2D eigenvalue weighted by Gasteiger charge is -2.03. The second kappa shape index (κ2) is 9.45. The molecule has 0 N–H and O–H groups in total. The topological polar surface area (TPSA) is 7.76 Å². The molecule has 0 fully saturated rings. The van der Waals surface area contributed by atoms with Gasteiger partial charge in [0.05, 0.1) is 0 Å². The molecule has 0 aliphatic carbocycles. The Morgan fingerprint density at radius 3 is 1.32 bits per heavy atom. The normalized spacial score (nSPS) is 11.3. The number of aromatic nitrogens is 2. The van der Waals surface area contributed by atoms with Crippen molar-refractivity contribution in [1.29, 1.82) is 0 Å². The smallest absolute Gasteiger partial charge is 0.198 e. The lowest BCUT2D eigenvalue weighted by molar-refractivity contribution is -0.672. The molecule has 0 amide bonds. The van der Waals surface area contributed by atoms with Crippen molar-refractivity contribution >= 4 is 21.8 Å². The molecular weight excluding hydrogens is 340 g/mol. The fourth-order valence-electron chi connectivity index (χ4n) is 4.10. The molecule has 28 heavy (non-hydrogen) atoms. The highest BCUT2D eigenvalue weighted by Crippen LogP contribution is 2.11. The summed E-state index contributed by atoms with van der Waals surface area (Å²) in [6, 6.07) is 26.0. The molecule has 4 rings (SSSR count). The third-order valence-electron chi connectivity index (χ3n) is 5.62. The monoisotopic (exact) mass is 370 g/mol. The molecule has 0 radical (unpaired) electrons. The van der Waals surface area contributed by atoms with E-state index in [4.69, 9.17) is 0 Å². The van der Waals surface area contributed by atoms with Crippen molar-refractivity contribution in [3.63, 3.8) is 0 Å². The Morgan fingerprint density at radius 1 is 0.429 bits per heavy atom. The molecule has 0 aliphatic rings. The van der Waals surface area contributed by atoms with Crippen molar-refractivity contribution < 1.29 is 9.13 Å². The number of benzene rings is 2. The number of rotatable bonds is 9. The van der Waals surface area contributed by atoms with E-state index >= 15 is 0 Å². The van der Waals surface area contributed by atoms with Gasteiger partial charge in [-0.2, -0.15) is 9.13 Å². The minimum absolute atomic E-state index is 1.12. The Hall–Kier alpha value is -2.74. The fraction of sp³-hybridized carbons (Fsp3) is 0.308. The molecular formula is C26H30N2+2. The number of para-hydroxylation sites is 2. The van der Waals surface area contributed by atoms with Gasteiger partial charge in [0.2, 0.25) is 11.0 Å². The molecule has 4 aromatic rings. The average molecular weight is 371 g/mol. The average Bonchev–Trinajstić information content (AvgIpc) is 2.76. The van der Waals surface area contributed by atoms with Crippen molar-refractivity contribution in [3.05, 3.63) is 85.2 Å². The molecule has 0 saturated heterocycles. The highest BCUT2D eigenvalue weighted by molar-refractivity contribution is 5.75. The zero-order chi connectivity index (χ0) is 19.0. The summed E-state index contributed by atoms with van der Waals surface area (Å²) < 4.78 is 4.79. The summed E-state index contributed by atoms with van der Waals surface area (Å²) in [5, 5.41) is 2.66. The molecule has 0 bridgehead atoms. The van der Waals surface area contributed by atoms with Gasteiger partial charge in [-0.05, 0) is 37.1 Å². The standard InChI is InChI=1S/C26H30N2/c1(3-9-19-27-21-11-15-23-13-5-7-17-25(23)27)2-4-10-20-28-22-12-16-24-14-6-8-18-26(24)28/h5-8,11-18,21-22H,1-4,9-10,19-20H2/q+2. The van der Waals surface area contributed by atoms with Gasteiger partial charge in [0, 0.05) is 47.9 Å². The van der Waals surface area contributed by atoms with E-state index in [2.05, 4.69) is 94.3 Å². The third kappa shape index (κ3) is 4.56. The van der Waals surface area contributed by atoms with Crippen LogP contribution in [0.5, 0.6) is 0 Å². The minimum Gasteiger partial charge on any atom is -0.198 e. The molecule has 2 nitrogen and oxygen atoms in total. The second-order valence-electron chi connectivity index (χ2n) is 7.64. The highest BCUT2D eigenvalue weighted by atomic mass is 14.9. The SMILES string of the molecule is c1ccc2c(c1)ccc[n+]2CCCCCCCC[n+]1cccc2ccccc21. The number of nitrogens with zero attached hydrogens (tertiary/aromatic N) is 2. The van der Waals surface area contributed by atoms with Gasteiger partial charge < -0.3 is 0 Å². The molecule has 2 heteroatoms. The Morgan fingerprint density at radius 2 is 0.821 bits per heavy atom. The molecule has 0 aliphatic heterocycles. The van der Waals surface area contributed by atoms with Crippen molar-refractivity contribution in [2.24, 2.45) is 0 Å². The van der Waals surface area contributed by atoms with E-state index in [0.29, 0.717) is 0 Å². The van der Waals surface area contributed by atoms with Crippen LogP contribution < -0.4 is 9.13 Å². The van der Waals surface area contributed by atoms with Gasteiger partial charge in [0.15, 0.2) is 12.4 Å². The Bertz CT molecular complexity index is 943. The minimum atomic E-state index is 1.12. The van der Waals surface area contributed by atoms with Crippen molar-refractivity contribution in [2.75, 3.05) is 0 Å². The van der Waals surface area contributed by atoms with E-state index in [-0.39, 0.29) is 0 Å². The van der Waals surface area contributed by atoms with E-state index in [9.17, 15) is 0 Å². The van der Waals surface area contributed by atoms with Gasteiger partial charge in [0.25, 0.3) is 0 Å². The first kappa shape index (κ1) is 18.6. The Labute approximate surface area is 168 Å². The number of aryl methyl sites for hydroxylation is 2. The molecule has 2 aromatic heterocycles. The predicted octanol–water partition coefficient (Wildman–Crippen LogP) is 5.61. The van der Waals surface area contributed by atoms with Crippen LogP contribution in [0.2, 0.25) is 0 Å². The van der Waals surface area contributed by atoms with Crippen LogP contribution in [0.25, 0.3) is 21.8 Å². The number of fused-ring (bicyclic) bond motifs is 2. The zero-order valence-corrected chi connectivity index (χ0v) is 16.6.